The van der Waals surface area contributed by atoms with Crippen LogP contribution in [0.5, 0.6) is 5.75 Å². The van der Waals surface area contributed by atoms with Crippen LogP contribution in [0.25, 0.3) is 27.6 Å². The Morgan fingerprint density at radius 1 is 0.360 bits per heavy atom. The highest BCUT2D eigenvalue weighted by Crippen LogP contribution is 2.80. The first-order valence-electron chi connectivity index (χ1n) is 23.5. The average molecular weight is 1180 g/mol. The van der Waals surface area contributed by atoms with E-state index in [1.807, 2.05) is 194 Å². The topological polar surface area (TPSA) is 77.5 Å². The summed E-state index contributed by atoms with van der Waals surface area (Å²) in [6.45, 7) is 2.80. The first kappa shape index (κ1) is 52.7. The first-order chi connectivity index (χ1) is 36.4. The highest BCUT2D eigenvalue weighted by Gasteiger charge is 2.40. The van der Waals surface area contributed by atoms with Crippen molar-refractivity contribution in [1.29, 1.82) is 0 Å². The first-order valence-corrected chi connectivity index (χ1v) is 40.2. The lowest BCUT2D eigenvalue weighted by molar-refractivity contribution is 0.512. The van der Waals surface area contributed by atoms with Crippen molar-refractivity contribution >= 4 is 152 Å². The zero-order valence-corrected chi connectivity index (χ0v) is 49.2. The van der Waals surface area contributed by atoms with Crippen molar-refractivity contribution in [3.63, 3.8) is 0 Å². The van der Waals surface area contributed by atoms with Gasteiger partial charge in [-0.3, -0.25) is 18.3 Å². The second-order valence-electron chi connectivity index (χ2n) is 17.1. The molecule has 0 spiro atoms. The van der Waals surface area contributed by atoms with E-state index in [1.165, 1.54) is 90.6 Å². The van der Waals surface area contributed by atoms with E-state index in [1.54, 1.807) is 6.08 Å². The van der Waals surface area contributed by atoms with Gasteiger partial charge < -0.3 is 4.52 Å². The maximum atomic E-state index is 13.5. The number of hydrogen-bond acceptors (Lipinski definition) is 12. The number of aryl methyl sites for hydroxylation is 1. The van der Waals surface area contributed by atoms with Gasteiger partial charge in [-0.2, -0.15) is 0 Å². The second-order valence-corrected chi connectivity index (χ2v) is 44.3. The van der Waals surface area contributed by atoms with Gasteiger partial charge in [0.2, 0.25) is 16.6 Å². The van der Waals surface area contributed by atoms with E-state index in [0.29, 0.717) is 0 Å². The molecule has 0 radical (unpaired) electrons. The summed E-state index contributed by atoms with van der Waals surface area (Å²) >= 11 is 10.4. The van der Waals surface area contributed by atoms with E-state index < -0.39 is 23.2 Å². The van der Waals surface area contributed by atoms with Gasteiger partial charge in [0.1, 0.15) is 0 Å². The molecule has 14 rings (SSSR count). The molecule has 0 aliphatic carbocycles. The molecule has 372 valence electrons. The Hall–Kier alpha value is -4.37. The van der Waals surface area contributed by atoms with E-state index >= 15 is 0 Å². The van der Waals surface area contributed by atoms with Crippen molar-refractivity contribution in [1.82, 2.24) is 0 Å². The van der Waals surface area contributed by atoms with Crippen molar-refractivity contribution < 1.29 is 22.8 Å². The molecule has 2 atom stereocenters. The van der Waals surface area contributed by atoms with Crippen molar-refractivity contribution in [3.05, 3.63) is 248 Å². The van der Waals surface area contributed by atoms with Gasteiger partial charge in [0.15, 0.2) is 5.75 Å². The molecule has 10 aromatic carbocycles. The van der Waals surface area contributed by atoms with Gasteiger partial charge in [-0.15, -0.1) is 0 Å². The van der Waals surface area contributed by atoms with Crippen LogP contribution in [0.1, 0.15) is 11.1 Å². The Balaban J connectivity index is 0.000000109. The van der Waals surface area contributed by atoms with E-state index in [4.69, 9.17) is 4.52 Å². The molecule has 4 aliphatic rings. The Morgan fingerprint density at radius 3 is 1.19 bits per heavy atom. The Kier molecular flexibility index (Phi) is 15.8. The fourth-order valence-electron chi connectivity index (χ4n) is 8.36. The highest BCUT2D eigenvalue weighted by atomic mass is 33.1. The van der Waals surface area contributed by atoms with Crippen LogP contribution in [0.4, 0.5) is 0 Å². The number of hydrogen-bond donors (Lipinski definition) is 0. The van der Waals surface area contributed by atoms with E-state index in [-0.39, 0.29) is 0 Å². The van der Waals surface area contributed by atoms with Crippen molar-refractivity contribution in [3.8, 4) is 5.75 Å². The molecular weight excluding hydrogens is 1140 g/mol. The minimum absolute atomic E-state index is 0.749. The second kappa shape index (κ2) is 22.5. The molecule has 0 amide bonds. The minimum Gasteiger partial charge on any atom is -0.431 e. The summed E-state index contributed by atoms with van der Waals surface area (Å²) in [7, 11) is 0. The Morgan fingerprint density at radius 2 is 0.720 bits per heavy atom. The molecule has 5 nitrogen and oxygen atoms in total. The van der Waals surface area contributed by atoms with Gasteiger partial charge in [-0.05, 0) is 193 Å². The smallest absolute Gasteiger partial charge is 0.337 e. The summed E-state index contributed by atoms with van der Waals surface area (Å²) in [5.74, 6) is 0.751. The molecule has 4 heterocycles. The van der Waals surface area contributed by atoms with Crippen LogP contribution < -0.4 is 25.7 Å². The molecule has 0 N–H and O–H groups in total. The molecule has 0 saturated heterocycles. The molecular formula is C59H44O5P4S7. The summed E-state index contributed by atoms with van der Waals surface area (Å²) in [4.78, 5) is 7.81. The van der Waals surface area contributed by atoms with Gasteiger partial charge in [0, 0.05) is 56.1 Å². The molecule has 2 unspecified atom stereocenters. The monoisotopic (exact) mass is 1180 g/mol. The quantitative estimate of drug-likeness (QED) is 0.122. The predicted molar refractivity (Wildman–Crippen MR) is 332 cm³/mol. The van der Waals surface area contributed by atoms with Gasteiger partial charge in [-0.25, -0.2) is 0 Å². The third-order valence-electron chi connectivity index (χ3n) is 12.0. The fraction of sp³-hybridized carbons (Fsp3) is 0.0169. The summed E-state index contributed by atoms with van der Waals surface area (Å²) in [5.41, 5.74) is -4.92. The van der Waals surface area contributed by atoms with Crippen LogP contribution >= 0.6 is 103 Å². The largest absolute Gasteiger partial charge is 0.431 e. The van der Waals surface area contributed by atoms with Gasteiger partial charge in [-0.1, -0.05) is 158 Å². The molecule has 75 heavy (non-hydrogen) atoms. The highest BCUT2D eigenvalue weighted by molar-refractivity contribution is 8.94. The summed E-state index contributed by atoms with van der Waals surface area (Å²) in [6, 6.07) is 75.6. The maximum absolute atomic E-state index is 13.5. The maximum Gasteiger partial charge on any atom is 0.337 e. The SMILES string of the molecule is C=Cc1ccc(P2(=O)Sc3ccccc3S2)cc1.Cc1ccc2c(c1)SP(=O)(c1ccccc1)S2.O=P1(c2ccccc2)Oc2c(c3ccccc3c3ccccc23)S1.O=P1(c2ccccc2)Sc2ccccc2S1. The average Bonchev–Trinajstić information content (AvgIpc) is 4.22. The fourth-order valence-corrected chi connectivity index (χ4v) is 37.6. The van der Waals surface area contributed by atoms with E-state index in [2.05, 4.69) is 49.9 Å². The minimum atomic E-state index is -3.00. The number of rotatable bonds is 5. The molecule has 0 aromatic heterocycles. The molecule has 4 aliphatic heterocycles. The van der Waals surface area contributed by atoms with Gasteiger partial charge in [0.05, 0.1) is 10.2 Å². The number of benzene rings is 10. The summed E-state index contributed by atoms with van der Waals surface area (Å²) in [6.07, 6.45) is 1.80. The lowest BCUT2D eigenvalue weighted by Crippen LogP contribution is -2.03. The summed E-state index contributed by atoms with van der Waals surface area (Å²) in [5, 5.41) is 7.99. The zero-order valence-electron chi connectivity index (χ0n) is 39.9. The lowest BCUT2D eigenvalue weighted by Gasteiger charge is -2.11. The van der Waals surface area contributed by atoms with Crippen LogP contribution in [-0.4, -0.2) is 0 Å². The normalized spacial score (nSPS) is 18.8. The van der Waals surface area contributed by atoms with Crippen LogP contribution in [-0.2, 0) is 18.3 Å². The van der Waals surface area contributed by atoms with Crippen molar-refractivity contribution in [2.45, 2.75) is 41.2 Å². The number of fused-ring (bicyclic) bond motifs is 9. The molecule has 0 fully saturated rings. The Bertz CT molecular complexity index is 3850. The molecule has 0 bridgehead atoms. The molecule has 10 aromatic rings. The van der Waals surface area contributed by atoms with Crippen LogP contribution in [0.2, 0.25) is 0 Å². The van der Waals surface area contributed by atoms with E-state index in [0.717, 1.165) is 83.0 Å². The zero-order chi connectivity index (χ0) is 51.6. The van der Waals surface area contributed by atoms with Crippen LogP contribution in [0.3, 0.4) is 0 Å². The Labute approximate surface area is 465 Å². The predicted octanol–water partition coefficient (Wildman–Crippen LogP) is 20.2. The lowest BCUT2D eigenvalue weighted by atomic mass is 10.0. The third kappa shape index (κ3) is 11.2. The van der Waals surface area contributed by atoms with Crippen LogP contribution in [0, 0.1) is 6.92 Å². The van der Waals surface area contributed by atoms with Gasteiger partial charge in [0.25, 0.3) is 0 Å². The standard InChI is InChI=1S/C20H13O2PS.C14H11OPS2.C13H11OPS2.C12H9OPS2/c21-23(14-8-2-1-3-9-14)22-19-17-12-6-4-10-15(17)16-11-5-7-13-18(16)20(19)24-23;1-2-11-7-9-12(10-8-11)16(15)17-13-5-3-4-6-14(13)18-16;1-10-7-8-12-13(9-10)17-15(14,16-12)11-5-3-2-4-6-11;13-14(10-6-2-1-3-7-10)15-11-8-4-5-9-12(11)16-14/h1-13H;2-10H,1H2;2-9H,1H3;1-9H. The van der Waals surface area contributed by atoms with E-state index in [9.17, 15) is 18.3 Å². The van der Waals surface area contributed by atoms with Crippen LogP contribution in [0.15, 0.2) is 271 Å². The van der Waals surface area contributed by atoms with Crippen molar-refractivity contribution in [2.24, 2.45) is 0 Å². The van der Waals surface area contributed by atoms with Crippen molar-refractivity contribution in [2.75, 3.05) is 0 Å². The van der Waals surface area contributed by atoms with Gasteiger partial charge >= 0.3 is 6.57 Å². The molecule has 0 saturated carbocycles. The summed E-state index contributed by atoms with van der Waals surface area (Å²) < 4.78 is 58.3. The molecule has 16 heteroatoms. The third-order valence-corrected chi connectivity index (χ3v) is 39.9.